The minimum atomic E-state index is 0.104. The SMILES string of the molecule is O=C(CCC1CCCCC1)Nc1ccncc1Br. The number of rotatable bonds is 4. The normalized spacial score (nSPS) is 16.5. The Kier molecular flexibility index (Phi) is 5.17. The summed E-state index contributed by atoms with van der Waals surface area (Å²) < 4.78 is 0.830. The molecule has 0 bridgehead atoms. The molecule has 1 N–H and O–H groups in total. The maximum atomic E-state index is 11.9. The van der Waals surface area contributed by atoms with E-state index in [-0.39, 0.29) is 5.91 Å². The summed E-state index contributed by atoms with van der Waals surface area (Å²) in [6, 6.07) is 1.81. The second-order valence-corrected chi connectivity index (χ2v) is 5.80. The summed E-state index contributed by atoms with van der Waals surface area (Å²) >= 11 is 3.38. The van der Waals surface area contributed by atoms with Crippen molar-refractivity contribution in [3.63, 3.8) is 0 Å². The van der Waals surface area contributed by atoms with Crippen molar-refractivity contribution >= 4 is 27.5 Å². The lowest BCUT2D eigenvalue weighted by molar-refractivity contribution is -0.116. The molecule has 2 rings (SSSR count). The number of carbonyl (C=O) groups is 1. The summed E-state index contributed by atoms with van der Waals surface area (Å²) in [6.07, 6.45) is 11.7. The van der Waals surface area contributed by atoms with Gasteiger partial charge in [0.15, 0.2) is 0 Å². The standard InChI is InChI=1S/C14H19BrN2O/c15-12-10-16-9-8-13(12)17-14(18)7-6-11-4-2-1-3-5-11/h8-11H,1-7H2,(H,16,17,18). The lowest BCUT2D eigenvalue weighted by Gasteiger charge is -2.21. The van der Waals surface area contributed by atoms with Crippen molar-refractivity contribution < 1.29 is 4.79 Å². The minimum Gasteiger partial charge on any atom is -0.325 e. The number of amides is 1. The van der Waals surface area contributed by atoms with Gasteiger partial charge in [-0.3, -0.25) is 9.78 Å². The van der Waals surface area contributed by atoms with E-state index in [0.717, 1.165) is 22.5 Å². The second-order valence-electron chi connectivity index (χ2n) is 4.95. The zero-order valence-electron chi connectivity index (χ0n) is 10.5. The van der Waals surface area contributed by atoms with E-state index in [1.54, 1.807) is 12.4 Å². The van der Waals surface area contributed by atoms with Crippen molar-refractivity contribution in [2.45, 2.75) is 44.9 Å². The number of nitrogens with zero attached hydrogens (tertiary/aromatic N) is 1. The van der Waals surface area contributed by atoms with Gasteiger partial charge in [0.1, 0.15) is 0 Å². The molecule has 1 aromatic rings. The number of hydrogen-bond acceptors (Lipinski definition) is 2. The van der Waals surface area contributed by atoms with E-state index in [4.69, 9.17) is 0 Å². The molecule has 0 aromatic carbocycles. The molecular weight excluding hydrogens is 292 g/mol. The van der Waals surface area contributed by atoms with E-state index in [2.05, 4.69) is 26.2 Å². The fourth-order valence-corrected chi connectivity index (χ4v) is 2.85. The monoisotopic (exact) mass is 310 g/mol. The van der Waals surface area contributed by atoms with Gasteiger partial charge < -0.3 is 5.32 Å². The molecule has 98 valence electrons. The number of anilines is 1. The molecule has 4 heteroatoms. The number of carbonyl (C=O) groups excluding carboxylic acids is 1. The molecule has 0 saturated heterocycles. The largest absolute Gasteiger partial charge is 0.325 e. The molecule has 0 unspecified atom stereocenters. The predicted octanol–water partition coefficient (Wildman–Crippen LogP) is 4.14. The Morgan fingerprint density at radius 3 is 2.89 bits per heavy atom. The van der Waals surface area contributed by atoms with Crippen LogP contribution in [0.2, 0.25) is 0 Å². The minimum absolute atomic E-state index is 0.104. The number of nitrogens with one attached hydrogen (secondary N) is 1. The smallest absolute Gasteiger partial charge is 0.224 e. The highest BCUT2D eigenvalue weighted by atomic mass is 79.9. The topological polar surface area (TPSA) is 42.0 Å². The summed E-state index contributed by atoms with van der Waals surface area (Å²) in [5.74, 6) is 0.859. The summed E-state index contributed by atoms with van der Waals surface area (Å²) in [6.45, 7) is 0. The molecule has 0 radical (unpaired) electrons. The molecular formula is C14H19BrN2O. The molecule has 1 aromatic heterocycles. The van der Waals surface area contributed by atoms with Crippen molar-refractivity contribution in [3.8, 4) is 0 Å². The molecule has 1 fully saturated rings. The van der Waals surface area contributed by atoms with Crippen LogP contribution in [0.3, 0.4) is 0 Å². The fraction of sp³-hybridized carbons (Fsp3) is 0.571. The number of pyridine rings is 1. The van der Waals surface area contributed by atoms with E-state index in [1.165, 1.54) is 32.1 Å². The van der Waals surface area contributed by atoms with Crippen molar-refractivity contribution in [1.29, 1.82) is 0 Å². The van der Waals surface area contributed by atoms with Crippen LogP contribution < -0.4 is 5.32 Å². The zero-order chi connectivity index (χ0) is 12.8. The van der Waals surface area contributed by atoms with Gasteiger partial charge in [-0.1, -0.05) is 32.1 Å². The highest BCUT2D eigenvalue weighted by Crippen LogP contribution is 2.27. The Balaban J connectivity index is 1.76. The molecule has 1 aliphatic rings. The van der Waals surface area contributed by atoms with Gasteiger partial charge in [0.05, 0.1) is 10.2 Å². The molecule has 0 atom stereocenters. The second kappa shape index (κ2) is 6.88. The van der Waals surface area contributed by atoms with Crippen LogP contribution in [0, 0.1) is 5.92 Å². The van der Waals surface area contributed by atoms with Gasteiger partial charge >= 0.3 is 0 Å². The van der Waals surface area contributed by atoms with Crippen LogP contribution in [-0.4, -0.2) is 10.9 Å². The van der Waals surface area contributed by atoms with Crippen molar-refractivity contribution in [3.05, 3.63) is 22.9 Å². The molecule has 3 nitrogen and oxygen atoms in total. The van der Waals surface area contributed by atoms with E-state index >= 15 is 0 Å². The van der Waals surface area contributed by atoms with Gasteiger partial charge in [0.2, 0.25) is 5.91 Å². The number of aromatic nitrogens is 1. The molecule has 1 aliphatic carbocycles. The first-order valence-corrected chi connectivity index (χ1v) is 7.44. The van der Waals surface area contributed by atoms with Crippen LogP contribution in [0.4, 0.5) is 5.69 Å². The Bertz CT molecular complexity index is 403. The van der Waals surface area contributed by atoms with Crippen molar-refractivity contribution in [1.82, 2.24) is 4.98 Å². The van der Waals surface area contributed by atoms with Crippen LogP contribution in [-0.2, 0) is 4.79 Å². The van der Waals surface area contributed by atoms with Gasteiger partial charge in [0, 0.05) is 18.8 Å². The predicted molar refractivity (Wildman–Crippen MR) is 76.4 cm³/mol. The van der Waals surface area contributed by atoms with E-state index in [9.17, 15) is 4.79 Å². The van der Waals surface area contributed by atoms with Crippen molar-refractivity contribution in [2.75, 3.05) is 5.32 Å². The molecule has 1 heterocycles. The van der Waals surface area contributed by atoms with Gasteiger partial charge in [-0.05, 0) is 34.3 Å². The summed E-state index contributed by atoms with van der Waals surface area (Å²) in [7, 11) is 0. The quantitative estimate of drug-likeness (QED) is 0.908. The summed E-state index contributed by atoms with van der Waals surface area (Å²) in [4.78, 5) is 15.8. The van der Waals surface area contributed by atoms with Gasteiger partial charge in [0.25, 0.3) is 0 Å². The zero-order valence-corrected chi connectivity index (χ0v) is 12.1. The van der Waals surface area contributed by atoms with E-state index in [1.807, 2.05) is 6.07 Å². The molecule has 0 aliphatic heterocycles. The molecule has 1 saturated carbocycles. The maximum absolute atomic E-state index is 11.9. The summed E-state index contributed by atoms with van der Waals surface area (Å²) in [5, 5.41) is 2.92. The maximum Gasteiger partial charge on any atom is 0.224 e. The first kappa shape index (κ1) is 13.5. The third-order valence-corrected chi connectivity index (χ3v) is 4.18. The third-order valence-electron chi connectivity index (χ3n) is 3.55. The highest BCUT2D eigenvalue weighted by molar-refractivity contribution is 9.10. The molecule has 1 amide bonds. The van der Waals surface area contributed by atoms with Crippen LogP contribution in [0.15, 0.2) is 22.9 Å². The Morgan fingerprint density at radius 2 is 2.17 bits per heavy atom. The number of halogens is 1. The Morgan fingerprint density at radius 1 is 1.39 bits per heavy atom. The van der Waals surface area contributed by atoms with E-state index < -0.39 is 0 Å². The van der Waals surface area contributed by atoms with Gasteiger partial charge in [-0.2, -0.15) is 0 Å². The van der Waals surface area contributed by atoms with Crippen molar-refractivity contribution in [2.24, 2.45) is 5.92 Å². The van der Waals surface area contributed by atoms with Crippen LogP contribution in [0.25, 0.3) is 0 Å². The lowest BCUT2D eigenvalue weighted by atomic mass is 9.86. The lowest BCUT2D eigenvalue weighted by Crippen LogP contribution is -2.15. The van der Waals surface area contributed by atoms with Crippen LogP contribution in [0.1, 0.15) is 44.9 Å². The average molecular weight is 311 g/mol. The van der Waals surface area contributed by atoms with Crippen LogP contribution in [0.5, 0.6) is 0 Å². The first-order chi connectivity index (χ1) is 8.75. The number of hydrogen-bond donors (Lipinski definition) is 1. The van der Waals surface area contributed by atoms with E-state index in [0.29, 0.717) is 6.42 Å². The highest BCUT2D eigenvalue weighted by Gasteiger charge is 2.15. The third kappa shape index (κ3) is 4.09. The summed E-state index contributed by atoms with van der Waals surface area (Å²) in [5.41, 5.74) is 0.804. The van der Waals surface area contributed by atoms with Crippen LogP contribution >= 0.6 is 15.9 Å². The average Bonchev–Trinajstić information content (AvgIpc) is 2.40. The molecule has 0 spiro atoms. The van der Waals surface area contributed by atoms with Gasteiger partial charge in [-0.25, -0.2) is 0 Å². The first-order valence-electron chi connectivity index (χ1n) is 6.65. The Labute approximate surface area is 117 Å². The molecule has 18 heavy (non-hydrogen) atoms. The Hall–Kier alpha value is -0.900. The van der Waals surface area contributed by atoms with Gasteiger partial charge in [-0.15, -0.1) is 0 Å². The fourth-order valence-electron chi connectivity index (χ4n) is 2.50.